The SMILES string of the molecule is CCCCC(CC)O/N=C/c1c2c(O)c3c(O)c(C)c4c(c3c1O)C(=O)[C@@](C)(O/C=C/[C@H](OC)[C@@H](C)[C@@H](OC(C)=O)[C@H](C)[C@H](O)[C@H](C)[C@@H](O)[C@@H](C)/C=C/C=C(\C)C(=O)N2)O4. The fraction of sp³-hybridized carbons (Fsp3) is 0.556. The highest BCUT2D eigenvalue weighted by atomic mass is 16.7. The number of oxime groups is 1. The van der Waals surface area contributed by atoms with Gasteiger partial charge < -0.3 is 54.6 Å². The van der Waals surface area contributed by atoms with Gasteiger partial charge in [0, 0.05) is 61.2 Å². The van der Waals surface area contributed by atoms with E-state index in [0.29, 0.717) is 12.8 Å². The molecule has 1 unspecified atom stereocenters. The maximum absolute atomic E-state index is 14.4. The zero-order chi connectivity index (χ0) is 44.8. The lowest BCUT2D eigenvalue weighted by Crippen LogP contribution is -2.46. The predicted molar refractivity (Wildman–Crippen MR) is 226 cm³/mol. The highest BCUT2D eigenvalue weighted by Gasteiger charge is 2.50. The molecule has 10 atom stereocenters. The van der Waals surface area contributed by atoms with Gasteiger partial charge in [-0.2, -0.15) is 0 Å². The standard InChI is InChI=1S/C45H62N2O13/c1-12-14-18-29(13-2)60-46-21-30-35-40(53)33-32(39(30)52)34-42(27(8)38(33)51)59-45(10,43(34)54)57-20-19-31(56-11)24(5)41(58-28(9)48)26(7)37(50)25(6)36(49)22(3)16-15-17-23(4)44(55)47-35/h15-17,19-22,24-26,29,31,36-37,41,49-53H,12-14,18H2,1-11H3,(H,47,55)/b16-15+,20-19+,23-17+,46-21+/t22-,24+,25+,26+,29?,31-,36-,37+,41+,45-/m0/s1. The van der Waals surface area contributed by atoms with Crippen molar-refractivity contribution in [3.05, 3.63) is 52.8 Å². The largest absolute Gasteiger partial charge is 0.507 e. The minimum Gasteiger partial charge on any atom is -0.507 e. The lowest BCUT2D eigenvalue weighted by atomic mass is 9.78. The highest BCUT2D eigenvalue weighted by Crippen LogP contribution is 2.55. The number of methoxy groups -OCH3 is 1. The Kier molecular flexibility index (Phi) is 15.8. The van der Waals surface area contributed by atoms with E-state index in [9.17, 15) is 39.9 Å². The van der Waals surface area contributed by atoms with E-state index >= 15 is 0 Å². The Morgan fingerprint density at radius 1 is 0.983 bits per heavy atom. The van der Waals surface area contributed by atoms with E-state index in [1.54, 1.807) is 39.8 Å². The number of unbranched alkanes of at least 4 members (excludes halogenated alkanes) is 1. The van der Waals surface area contributed by atoms with E-state index in [4.69, 9.17) is 23.8 Å². The van der Waals surface area contributed by atoms with Gasteiger partial charge in [0.15, 0.2) is 5.75 Å². The van der Waals surface area contributed by atoms with Gasteiger partial charge in [-0.15, -0.1) is 0 Å². The molecule has 6 N–H and O–H groups in total. The molecule has 3 heterocycles. The number of rotatable bonds is 9. The van der Waals surface area contributed by atoms with Crippen molar-refractivity contribution >= 4 is 40.3 Å². The van der Waals surface area contributed by atoms with Crippen LogP contribution in [0.5, 0.6) is 23.0 Å². The Bertz CT molecular complexity index is 2040. The molecule has 15 heteroatoms. The number of phenolic OH excluding ortho intramolecular Hbond substituents is 3. The third-order valence-corrected chi connectivity index (χ3v) is 11.8. The number of aliphatic hydroxyl groups is 2. The number of carbonyl (C=O) groups excluding carboxylic acids is 3. The summed E-state index contributed by atoms with van der Waals surface area (Å²) in [5.41, 5.74) is -0.555. The number of hydrogen-bond donors (Lipinski definition) is 6. The molecule has 2 aromatic carbocycles. The Morgan fingerprint density at radius 3 is 2.28 bits per heavy atom. The fourth-order valence-corrected chi connectivity index (χ4v) is 7.80. The summed E-state index contributed by atoms with van der Waals surface area (Å²) in [7, 11) is 1.43. The number of amides is 1. The van der Waals surface area contributed by atoms with E-state index < -0.39 is 88.8 Å². The first-order valence-corrected chi connectivity index (χ1v) is 20.5. The van der Waals surface area contributed by atoms with E-state index in [2.05, 4.69) is 17.4 Å². The van der Waals surface area contributed by atoms with Gasteiger partial charge in [0.1, 0.15) is 29.5 Å². The second-order valence-electron chi connectivity index (χ2n) is 16.1. The number of aromatic hydroxyl groups is 3. The zero-order valence-electron chi connectivity index (χ0n) is 36.4. The number of hydrogen-bond acceptors (Lipinski definition) is 14. The summed E-state index contributed by atoms with van der Waals surface area (Å²) in [5.74, 6) is -8.57. The van der Waals surface area contributed by atoms with Crippen LogP contribution in [0.3, 0.4) is 0 Å². The molecule has 330 valence electrons. The molecule has 0 aliphatic carbocycles. The van der Waals surface area contributed by atoms with Crippen molar-refractivity contribution < 1.29 is 63.7 Å². The number of anilines is 1. The van der Waals surface area contributed by atoms with Crippen molar-refractivity contribution in [1.82, 2.24) is 0 Å². The van der Waals surface area contributed by atoms with E-state index in [1.807, 2.05) is 6.92 Å². The van der Waals surface area contributed by atoms with Crippen LogP contribution >= 0.6 is 0 Å². The number of nitrogens with zero attached hydrogens (tertiary/aromatic N) is 1. The van der Waals surface area contributed by atoms with Crippen LogP contribution in [0.25, 0.3) is 10.8 Å². The molecule has 1 amide bonds. The highest BCUT2D eigenvalue weighted by molar-refractivity contribution is 6.23. The van der Waals surface area contributed by atoms with Crippen LogP contribution in [0.2, 0.25) is 0 Å². The topological polar surface area (TPSA) is 223 Å². The lowest BCUT2D eigenvalue weighted by molar-refractivity contribution is -0.160. The zero-order valence-corrected chi connectivity index (χ0v) is 36.4. The van der Waals surface area contributed by atoms with E-state index in [1.165, 1.54) is 53.2 Å². The van der Waals surface area contributed by atoms with Crippen LogP contribution in [0.15, 0.2) is 41.3 Å². The van der Waals surface area contributed by atoms with Gasteiger partial charge in [-0.05, 0) is 39.2 Å². The molecule has 0 aromatic heterocycles. The molecule has 60 heavy (non-hydrogen) atoms. The molecule has 0 radical (unpaired) electrons. The number of Topliss-reactive ketones (excluding diaryl/α,β-unsaturated/α-hetero) is 1. The number of allylic oxidation sites excluding steroid dienone is 2. The van der Waals surface area contributed by atoms with E-state index in [0.717, 1.165) is 19.1 Å². The van der Waals surface area contributed by atoms with Gasteiger partial charge in [0.2, 0.25) is 0 Å². The van der Waals surface area contributed by atoms with Gasteiger partial charge in [0.05, 0.1) is 53.0 Å². The first kappa shape index (κ1) is 47.6. The Hall–Kier alpha value is -5.12. The molecular weight excluding hydrogens is 776 g/mol. The average Bonchev–Trinajstić information content (AvgIpc) is 3.48. The van der Waals surface area contributed by atoms with Crippen molar-refractivity contribution in [2.24, 2.45) is 28.8 Å². The number of esters is 1. The summed E-state index contributed by atoms with van der Waals surface area (Å²) < 4.78 is 23.6. The summed E-state index contributed by atoms with van der Waals surface area (Å²) in [6, 6.07) is 0. The normalized spacial score (nSPS) is 30.3. The fourth-order valence-electron chi connectivity index (χ4n) is 7.80. The molecule has 5 bridgehead atoms. The van der Waals surface area contributed by atoms with Crippen molar-refractivity contribution in [2.45, 2.75) is 131 Å². The first-order chi connectivity index (χ1) is 28.3. The van der Waals surface area contributed by atoms with Crippen LogP contribution in [-0.4, -0.2) is 92.8 Å². The number of carbonyl (C=O) groups is 3. The van der Waals surface area contributed by atoms with Crippen LogP contribution in [0, 0.1) is 30.6 Å². The van der Waals surface area contributed by atoms with Crippen molar-refractivity contribution in [1.29, 1.82) is 0 Å². The lowest BCUT2D eigenvalue weighted by Gasteiger charge is -2.38. The number of aliphatic hydroxyl groups excluding tert-OH is 2. The number of benzene rings is 2. The maximum atomic E-state index is 14.4. The molecule has 0 saturated carbocycles. The summed E-state index contributed by atoms with van der Waals surface area (Å²) in [6.07, 6.45) is 7.53. The minimum atomic E-state index is -2.06. The number of phenols is 3. The van der Waals surface area contributed by atoms with E-state index in [-0.39, 0.29) is 50.6 Å². The second-order valence-corrected chi connectivity index (χ2v) is 16.1. The summed E-state index contributed by atoms with van der Waals surface area (Å²) in [6.45, 7) is 16.5. The number of fused-ring (bicyclic) bond motifs is 14. The molecule has 3 aliphatic heterocycles. The van der Waals surface area contributed by atoms with Crippen LogP contribution in [0.1, 0.15) is 109 Å². The quantitative estimate of drug-likeness (QED) is 0.0489. The summed E-state index contributed by atoms with van der Waals surface area (Å²) >= 11 is 0. The molecule has 5 rings (SSSR count). The van der Waals surface area contributed by atoms with Gasteiger partial charge in [-0.25, -0.2) is 0 Å². The summed E-state index contributed by atoms with van der Waals surface area (Å²) in [5, 5.41) is 64.5. The third kappa shape index (κ3) is 9.74. The number of ketones is 1. The number of ether oxygens (including phenoxy) is 4. The Morgan fingerprint density at radius 2 is 1.67 bits per heavy atom. The Labute approximate surface area is 351 Å². The molecular formula is C45H62N2O13. The second kappa shape index (κ2) is 20.0. The predicted octanol–water partition coefficient (Wildman–Crippen LogP) is 7.07. The Balaban J connectivity index is 1.97. The van der Waals surface area contributed by atoms with Crippen LogP contribution in [0.4, 0.5) is 5.69 Å². The monoisotopic (exact) mass is 838 g/mol. The van der Waals surface area contributed by atoms with Gasteiger partial charge in [0.25, 0.3) is 11.7 Å². The van der Waals surface area contributed by atoms with Crippen molar-refractivity contribution in [2.75, 3.05) is 12.4 Å². The maximum Gasteiger partial charge on any atom is 0.312 e. The smallest absolute Gasteiger partial charge is 0.312 e. The molecule has 0 saturated heterocycles. The minimum absolute atomic E-state index is 0.0398. The molecule has 0 spiro atoms. The van der Waals surface area contributed by atoms with Crippen LogP contribution < -0.4 is 10.1 Å². The third-order valence-electron chi connectivity index (χ3n) is 11.8. The van der Waals surface area contributed by atoms with Gasteiger partial charge in [-0.3, -0.25) is 14.4 Å². The molecule has 15 nitrogen and oxygen atoms in total. The molecule has 0 fully saturated rings. The molecule has 2 aromatic rings. The number of nitrogens with one attached hydrogen (secondary N) is 1. The van der Waals surface area contributed by atoms with Gasteiger partial charge >= 0.3 is 11.8 Å². The average molecular weight is 839 g/mol. The van der Waals surface area contributed by atoms with Crippen molar-refractivity contribution in [3.63, 3.8) is 0 Å². The molecule has 3 aliphatic rings. The van der Waals surface area contributed by atoms with Crippen LogP contribution in [-0.2, 0) is 28.6 Å². The van der Waals surface area contributed by atoms with Crippen molar-refractivity contribution in [3.8, 4) is 23.0 Å². The summed E-state index contributed by atoms with van der Waals surface area (Å²) in [4.78, 5) is 46.2. The van der Waals surface area contributed by atoms with Gasteiger partial charge in [-0.1, -0.05) is 71.3 Å². The first-order valence-electron chi connectivity index (χ1n) is 20.5.